The number of para-hydroxylation sites is 2. The third-order valence-electron chi connectivity index (χ3n) is 2.16. The average Bonchev–Trinajstić information content (AvgIpc) is 2.34. The molecule has 0 aromatic heterocycles. The van der Waals surface area contributed by atoms with Gasteiger partial charge < -0.3 is 15.8 Å². The summed E-state index contributed by atoms with van der Waals surface area (Å²) in [6.07, 6.45) is -3.70. The predicted molar refractivity (Wildman–Crippen MR) is 64.9 cm³/mol. The molecule has 0 atom stereocenters. The molecule has 0 saturated heterocycles. The van der Waals surface area contributed by atoms with E-state index in [4.69, 9.17) is 5.73 Å². The number of anilines is 1. The standard InChI is InChI=1S/C12H15F3N2O2/c13-12(14,15)8-19-10-5-2-1-4-9(10)17-11(18)6-3-7-16/h1-2,4-5H,3,6-8,16H2,(H,17,18). The lowest BCUT2D eigenvalue weighted by Gasteiger charge is -2.13. The molecular weight excluding hydrogens is 261 g/mol. The van der Waals surface area contributed by atoms with Crippen LogP contribution in [0.5, 0.6) is 5.75 Å². The molecule has 0 heterocycles. The van der Waals surface area contributed by atoms with E-state index in [9.17, 15) is 18.0 Å². The molecule has 3 N–H and O–H groups in total. The molecule has 0 saturated carbocycles. The van der Waals surface area contributed by atoms with E-state index >= 15 is 0 Å². The van der Waals surface area contributed by atoms with Gasteiger partial charge in [-0.1, -0.05) is 12.1 Å². The maximum atomic E-state index is 12.1. The molecule has 0 aliphatic carbocycles. The summed E-state index contributed by atoms with van der Waals surface area (Å²) in [5, 5.41) is 2.49. The highest BCUT2D eigenvalue weighted by atomic mass is 19.4. The SMILES string of the molecule is NCCCC(=O)Nc1ccccc1OCC(F)(F)F. The molecular formula is C12H15F3N2O2. The Bertz CT molecular complexity index is 422. The topological polar surface area (TPSA) is 64.4 Å². The van der Waals surface area contributed by atoms with Crippen LogP contribution < -0.4 is 15.8 Å². The molecule has 4 nitrogen and oxygen atoms in total. The average molecular weight is 276 g/mol. The number of nitrogens with two attached hydrogens (primary N) is 1. The zero-order chi connectivity index (χ0) is 14.3. The number of halogens is 3. The molecule has 0 radical (unpaired) electrons. The zero-order valence-corrected chi connectivity index (χ0v) is 10.2. The maximum Gasteiger partial charge on any atom is 0.422 e. The number of hydrogen-bond donors (Lipinski definition) is 2. The van der Waals surface area contributed by atoms with E-state index in [1.807, 2.05) is 0 Å². The third kappa shape index (κ3) is 6.10. The van der Waals surface area contributed by atoms with E-state index in [0.29, 0.717) is 13.0 Å². The van der Waals surface area contributed by atoms with Gasteiger partial charge in [0, 0.05) is 6.42 Å². The molecule has 0 aliphatic rings. The second-order valence-electron chi connectivity index (χ2n) is 3.84. The minimum atomic E-state index is -4.42. The first-order valence-corrected chi connectivity index (χ1v) is 5.71. The van der Waals surface area contributed by atoms with E-state index < -0.39 is 12.8 Å². The minimum absolute atomic E-state index is 0.0130. The second kappa shape index (κ2) is 6.98. The van der Waals surface area contributed by atoms with E-state index in [0.717, 1.165) is 0 Å². The number of hydrogen-bond acceptors (Lipinski definition) is 3. The van der Waals surface area contributed by atoms with Crippen molar-refractivity contribution >= 4 is 11.6 Å². The van der Waals surface area contributed by atoms with E-state index in [1.54, 1.807) is 6.07 Å². The van der Waals surface area contributed by atoms with Crippen LogP contribution in [0.3, 0.4) is 0 Å². The number of carbonyl (C=O) groups is 1. The Morgan fingerprint density at radius 2 is 2.00 bits per heavy atom. The van der Waals surface area contributed by atoms with Gasteiger partial charge in [-0.2, -0.15) is 13.2 Å². The summed E-state index contributed by atoms with van der Waals surface area (Å²) in [5.74, 6) is -0.325. The van der Waals surface area contributed by atoms with Crippen LogP contribution in [0.4, 0.5) is 18.9 Å². The number of amides is 1. The maximum absolute atomic E-state index is 12.1. The molecule has 0 bridgehead atoms. The summed E-state index contributed by atoms with van der Waals surface area (Å²) in [5.41, 5.74) is 5.48. The van der Waals surface area contributed by atoms with Crippen molar-refractivity contribution < 1.29 is 22.7 Å². The molecule has 0 unspecified atom stereocenters. The Hall–Kier alpha value is -1.76. The number of rotatable bonds is 6. The van der Waals surface area contributed by atoms with Gasteiger partial charge in [0.25, 0.3) is 0 Å². The van der Waals surface area contributed by atoms with Crippen molar-refractivity contribution in [1.29, 1.82) is 0 Å². The minimum Gasteiger partial charge on any atom is -0.482 e. The van der Waals surface area contributed by atoms with Gasteiger partial charge >= 0.3 is 6.18 Å². The Kier molecular flexibility index (Phi) is 5.62. The summed E-state index contributed by atoms with van der Waals surface area (Å²) in [4.78, 5) is 11.5. The summed E-state index contributed by atoms with van der Waals surface area (Å²) >= 11 is 0. The van der Waals surface area contributed by atoms with Gasteiger partial charge in [0.05, 0.1) is 5.69 Å². The molecule has 0 spiro atoms. The van der Waals surface area contributed by atoms with Crippen molar-refractivity contribution in [2.75, 3.05) is 18.5 Å². The normalized spacial score (nSPS) is 11.2. The highest BCUT2D eigenvalue weighted by molar-refractivity contribution is 5.92. The summed E-state index contributed by atoms with van der Waals surface area (Å²) < 4.78 is 40.9. The second-order valence-corrected chi connectivity index (χ2v) is 3.84. The van der Waals surface area contributed by atoms with Gasteiger partial charge in [-0.15, -0.1) is 0 Å². The van der Waals surface area contributed by atoms with Crippen molar-refractivity contribution in [3.8, 4) is 5.75 Å². The van der Waals surface area contributed by atoms with Crippen LogP contribution >= 0.6 is 0 Å². The van der Waals surface area contributed by atoms with Gasteiger partial charge in [0.2, 0.25) is 5.91 Å². The lowest BCUT2D eigenvalue weighted by Crippen LogP contribution is -2.20. The molecule has 0 aliphatic heterocycles. The molecule has 7 heteroatoms. The highest BCUT2D eigenvalue weighted by Gasteiger charge is 2.28. The van der Waals surface area contributed by atoms with Crippen LogP contribution in [0.15, 0.2) is 24.3 Å². The molecule has 0 fully saturated rings. The Morgan fingerprint density at radius 1 is 1.32 bits per heavy atom. The van der Waals surface area contributed by atoms with Gasteiger partial charge in [0.15, 0.2) is 6.61 Å². The fourth-order valence-corrected chi connectivity index (χ4v) is 1.33. The predicted octanol–water partition coefficient (Wildman–Crippen LogP) is 2.31. The van der Waals surface area contributed by atoms with E-state index in [2.05, 4.69) is 10.1 Å². The Labute approximate surface area is 108 Å². The fraction of sp³-hybridized carbons (Fsp3) is 0.417. The van der Waals surface area contributed by atoms with Crippen molar-refractivity contribution in [1.82, 2.24) is 0 Å². The fourth-order valence-electron chi connectivity index (χ4n) is 1.33. The highest BCUT2D eigenvalue weighted by Crippen LogP contribution is 2.26. The van der Waals surface area contributed by atoms with Crippen LogP contribution in [-0.4, -0.2) is 25.2 Å². The first kappa shape index (κ1) is 15.3. The number of benzene rings is 1. The van der Waals surface area contributed by atoms with Crippen molar-refractivity contribution in [2.45, 2.75) is 19.0 Å². The van der Waals surface area contributed by atoms with Crippen molar-refractivity contribution in [3.05, 3.63) is 24.3 Å². The van der Waals surface area contributed by atoms with Gasteiger partial charge in [0.1, 0.15) is 5.75 Å². The first-order valence-electron chi connectivity index (χ1n) is 5.71. The summed E-state index contributed by atoms with van der Waals surface area (Å²) in [6.45, 7) is -1.03. The van der Waals surface area contributed by atoms with Gasteiger partial charge in [-0.05, 0) is 25.1 Å². The Morgan fingerprint density at radius 3 is 2.63 bits per heavy atom. The number of alkyl halides is 3. The van der Waals surface area contributed by atoms with Crippen LogP contribution in [-0.2, 0) is 4.79 Å². The molecule has 1 aromatic rings. The lowest BCUT2D eigenvalue weighted by atomic mass is 10.2. The summed E-state index contributed by atoms with van der Waals surface area (Å²) in [7, 11) is 0. The van der Waals surface area contributed by atoms with Crippen molar-refractivity contribution in [3.63, 3.8) is 0 Å². The third-order valence-corrected chi connectivity index (χ3v) is 2.16. The van der Waals surface area contributed by atoms with Crippen molar-refractivity contribution in [2.24, 2.45) is 5.73 Å². The molecule has 106 valence electrons. The number of nitrogens with one attached hydrogen (secondary N) is 1. The van der Waals surface area contributed by atoms with Gasteiger partial charge in [-0.3, -0.25) is 4.79 Å². The first-order chi connectivity index (χ1) is 8.92. The van der Waals surface area contributed by atoms with Gasteiger partial charge in [-0.25, -0.2) is 0 Å². The van der Waals surface area contributed by atoms with E-state index in [1.165, 1.54) is 18.2 Å². The number of carbonyl (C=O) groups excluding carboxylic acids is 1. The quantitative estimate of drug-likeness (QED) is 0.838. The lowest BCUT2D eigenvalue weighted by molar-refractivity contribution is -0.153. The molecule has 1 rings (SSSR count). The smallest absolute Gasteiger partial charge is 0.422 e. The summed E-state index contributed by atoms with van der Waals surface area (Å²) in [6, 6.07) is 5.97. The molecule has 1 aromatic carbocycles. The largest absolute Gasteiger partial charge is 0.482 e. The van der Waals surface area contributed by atoms with Crippen LogP contribution in [0.2, 0.25) is 0 Å². The van der Waals surface area contributed by atoms with Crippen LogP contribution in [0, 0.1) is 0 Å². The van der Waals surface area contributed by atoms with E-state index in [-0.39, 0.29) is 23.8 Å². The number of ether oxygens (including phenoxy) is 1. The monoisotopic (exact) mass is 276 g/mol. The molecule has 19 heavy (non-hydrogen) atoms. The molecule has 1 amide bonds. The Balaban J connectivity index is 2.65. The zero-order valence-electron chi connectivity index (χ0n) is 10.2. The van der Waals surface area contributed by atoms with Crippen LogP contribution in [0.1, 0.15) is 12.8 Å². The van der Waals surface area contributed by atoms with Crippen LogP contribution in [0.25, 0.3) is 0 Å².